The Bertz CT molecular complexity index is 407. The van der Waals surface area contributed by atoms with E-state index in [4.69, 9.17) is 4.74 Å². The number of nitrogens with zero attached hydrogens (tertiary/aromatic N) is 1. The van der Waals surface area contributed by atoms with Gasteiger partial charge in [0.25, 0.3) is 0 Å². The summed E-state index contributed by atoms with van der Waals surface area (Å²) in [7, 11) is 0. The number of fused-ring (bicyclic) bond motifs is 1. The molecule has 1 aliphatic heterocycles. The molecule has 19 heavy (non-hydrogen) atoms. The van der Waals surface area contributed by atoms with E-state index in [2.05, 4.69) is 28.6 Å². The maximum absolute atomic E-state index is 5.87. The summed E-state index contributed by atoms with van der Waals surface area (Å²) in [5.74, 6) is 0. The Hall–Kier alpha value is -0.420. The molecule has 2 aliphatic rings. The Balaban J connectivity index is 1.53. The summed E-state index contributed by atoms with van der Waals surface area (Å²) in [6.07, 6.45) is 4.22. The van der Waals surface area contributed by atoms with Gasteiger partial charge in [0.1, 0.15) is 0 Å². The second kappa shape index (κ2) is 6.35. The second-order valence-electron chi connectivity index (χ2n) is 5.54. The summed E-state index contributed by atoms with van der Waals surface area (Å²) >= 11 is 1.92. The Morgan fingerprint density at radius 2 is 2.47 bits per heavy atom. The molecule has 1 saturated heterocycles. The van der Waals surface area contributed by atoms with Crippen molar-refractivity contribution in [3.63, 3.8) is 0 Å². The van der Waals surface area contributed by atoms with Crippen molar-refractivity contribution in [1.29, 1.82) is 0 Å². The van der Waals surface area contributed by atoms with Crippen LogP contribution in [0.4, 0.5) is 0 Å². The van der Waals surface area contributed by atoms with Gasteiger partial charge in [-0.3, -0.25) is 4.90 Å². The molecule has 2 unspecified atom stereocenters. The van der Waals surface area contributed by atoms with Crippen LogP contribution in [0.1, 0.15) is 36.2 Å². The van der Waals surface area contributed by atoms with Crippen molar-refractivity contribution in [2.24, 2.45) is 0 Å². The van der Waals surface area contributed by atoms with Crippen molar-refractivity contribution in [3.05, 3.63) is 21.9 Å². The molecule has 106 valence electrons. The average molecular weight is 280 g/mol. The maximum atomic E-state index is 5.87. The third kappa shape index (κ3) is 3.19. The second-order valence-corrected chi connectivity index (χ2v) is 6.54. The number of nitrogens with one attached hydrogen (secondary N) is 1. The highest BCUT2D eigenvalue weighted by molar-refractivity contribution is 7.10. The van der Waals surface area contributed by atoms with Crippen LogP contribution >= 0.6 is 11.3 Å². The van der Waals surface area contributed by atoms with Crippen molar-refractivity contribution in [2.45, 2.75) is 38.3 Å². The Kier molecular flexibility index (Phi) is 4.53. The van der Waals surface area contributed by atoms with Crippen molar-refractivity contribution in [3.8, 4) is 0 Å². The molecular formula is C15H24N2OS. The van der Waals surface area contributed by atoms with E-state index in [-0.39, 0.29) is 0 Å². The first kappa shape index (κ1) is 13.6. The fraction of sp³-hybridized carbons (Fsp3) is 0.733. The first-order valence-corrected chi connectivity index (χ1v) is 8.38. The molecule has 1 N–H and O–H groups in total. The SMILES string of the molecule is CCN1CCOC(CNC2CCCc3sccc32)C1. The van der Waals surface area contributed by atoms with Gasteiger partial charge in [0.05, 0.1) is 12.7 Å². The molecule has 3 nitrogen and oxygen atoms in total. The first-order chi connectivity index (χ1) is 9.36. The third-order valence-electron chi connectivity index (χ3n) is 4.31. The van der Waals surface area contributed by atoms with E-state index >= 15 is 0 Å². The zero-order chi connectivity index (χ0) is 13.1. The van der Waals surface area contributed by atoms with E-state index in [9.17, 15) is 0 Å². The van der Waals surface area contributed by atoms with Gasteiger partial charge >= 0.3 is 0 Å². The molecule has 0 radical (unpaired) electrons. The molecule has 2 heterocycles. The summed E-state index contributed by atoms with van der Waals surface area (Å²) in [6.45, 7) is 7.40. The molecule has 0 bridgehead atoms. The number of likely N-dealkylation sites (N-methyl/N-ethyl adjacent to an activating group) is 1. The number of morpholine rings is 1. The average Bonchev–Trinajstić information content (AvgIpc) is 2.94. The van der Waals surface area contributed by atoms with Crippen LogP contribution in [0.15, 0.2) is 11.4 Å². The smallest absolute Gasteiger partial charge is 0.0826 e. The Morgan fingerprint density at radius 3 is 3.37 bits per heavy atom. The molecular weight excluding hydrogens is 256 g/mol. The molecule has 4 heteroatoms. The van der Waals surface area contributed by atoms with E-state index in [1.54, 1.807) is 10.4 Å². The van der Waals surface area contributed by atoms with Gasteiger partial charge < -0.3 is 10.1 Å². The van der Waals surface area contributed by atoms with Crippen LogP contribution in [0.25, 0.3) is 0 Å². The molecule has 0 spiro atoms. The minimum absolute atomic E-state index is 0.359. The van der Waals surface area contributed by atoms with Gasteiger partial charge in [-0.2, -0.15) is 0 Å². The van der Waals surface area contributed by atoms with Crippen LogP contribution < -0.4 is 5.32 Å². The van der Waals surface area contributed by atoms with Gasteiger partial charge in [-0.1, -0.05) is 6.92 Å². The van der Waals surface area contributed by atoms with Gasteiger partial charge in [0.2, 0.25) is 0 Å². The zero-order valence-corrected chi connectivity index (χ0v) is 12.5. The van der Waals surface area contributed by atoms with Crippen LogP contribution in [0.3, 0.4) is 0 Å². The van der Waals surface area contributed by atoms with E-state index in [1.807, 2.05) is 11.3 Å². The van der Waals surface area contributed by atoms with Gasteiger partial charge in [-0.15, -0.1) is 11.3 Å². The van der Waals surface area contributed by atoms with Crippen molar-refractivity contribution < 1.29 is 4.74 Å². The topological polar surface area (TPSA) is 24.5 Å². The molecule has 0 saturated carbocycles. The highest BCUT2D eigenvalue weighted by atomic mass is 32.1. The summed E-state index contributed by atoms with van der Waals surface area (Å²) in [6, 6.07) is 2.85. The monoisotopic (exact) mass is 280 g/mol. The molecule has 2 atom stereocenters. The summed E-state index contributed by atoms with van der Waals surface area (Å²) in [5, 5.41) is 5.97. The van der Waals surface area contributed by atoms with Crippen molar-refractivity contribution >= 4 is 11.3 Å². The lowest BCUT2D eigenvalue weighted by atomic mass is 9.94. The van der Waals surface area contributed by atoms with Gasteiger partial charge in [-0.05, 0) is 42.8 Å². The van der Waals surface area contributed by atoms with E-state index in [0.29, 0.717) is 12.1 Å². The van der Waals surface area contributed by atoms with Crippen molar-refractivity contribution in [1.82, 2.24) is 10.2 Å². The molecule has 0 aromatic carbocycles. The predicted octanol–water partition coefficient (Wildman–Crippen LogP) is 2.44. The summed E-state index contributed by atoms with van der Waals surface area (Å²) < 4.78 is 5.87. The number of thiophene rings is 1. The predicted molar refractivity (Wildman–Crippen MR) is 79.9 cm³/mol. The summed E-state index contributed by atoms with van der Waals surface area (Å²) in [4.78, 5) is 4.07. The number of aryl methyl sites for hydroxylation is 1. The minimum atomic E-state index is 0.359. The highest BCUT2D eigenvalue weighted by Gasteiger charge is 2.24. The van der Waals surface area contributed by atoms with E-state index < -0.39 is 0 Å². The van der Waals surface area contributed by atoms with E-state index in [1.165, 1.54) is 19.3 Å². The molecule has 1 fully saturated rings. The zero-order valence-electron chi connectivity index (χ0n) is 11.7. The molecule has 1 aromatic heterocycles. The summed E-state index contributed by atoms with van der Waals surface area (Å²) in [5.41, 5.74) is 1.54. The fourth-order valence-corrected chi connectivity index (χ4v) is 4.15. The van der Waals surface area contributed by atoms with Crippen LogP contribution in [-0.2, 0) is 11.2 Å². The Labute approximate surface area is 119 Å². The van der Waals surface area contributed by atoms with Gasteiger partial charge in [0.15, 0.2) is 0 Å². The van der Waals surface area contributed by atoms with Crippen LogP contribution in [-0.4, -0.2) is 43.8 Å². The molecule has 1 aromatic rings. The van der Waals surface area contributed by atoms with Crippen LogP contribution in [0.2, 0.25) is 0 Å². The fourth-order valence-electron chi connectivity index (χ4n) is 3.16. The normalized spacial score (nSPS) is 28.3. The highest BCUT2D eigenvalue weighted by Crippen LogP contribution is 2.33. The lowest BCUT2D eigenvalue weighted by Gasteiger charge is -2.33. The van der Waals surface area contributed by atoms with Crippen LogP contribution in [0.5, 0.6) is 0 Å². The van der Waals surface area contributed by atoms with Gasteiger partial charge in [0, 0.05) is 30.6 Å². The lowest BCUT2D eigenvalue weighted by molar-refractivity contribution is -0.0265. The standard InChI is InChI=1S/C15H24N2OS/c1-2-17-7-8-18-12(11-17)10-16-14-4-3-5-15-13(14)6-9-19-15/h6,9,12,14,16H,2-5,7-8,10-11H2,1H3. The quantitative estimate of drug-likeness (QED) is 0.917. The number of rotatable bonds is 4. The first-order valence-electron chi connectivity index (χ1n) is 7.50. The number of hydrogen-bond donors (Lipinski definition) is 1. The van der Waals surface area contributed by atoms with Crippen LogP contribution in [0, 0.1) is 0 Å². The molecule has 3 rings (SSSR count). The third-order valence-corrected chi connectivity index (χ3v) is 5.31. The number of hydrogen-bond acceptors (Lipinski definition) is 4. The minimum Gasteiger partial charge on any atom is -0.374 e. The maximum Gasteiger partial charge on any atom is 0.0826 e. The molecule has 1 aliphatic carbocycles. The van der Waals surface area contributed by atoms with Gasteiger partial charge in [-0.25, -0.2) is 0 Å². The largest absolute Gasteiger partial charge is 0.374 e. The Morgan fingerprint density at radius 1 is 1.53 bits per heavy atom. The van der Waals surface area contributed by atoms with E-state index in [0.717, 1.165) is 32.8 Å². The molecule has 0 amide bonds. The number of ether oxygens (including phenoxy) is 1. The lowest BCUT2D eigenvalue weighted by Crippen LogP contribution is -2.47. The van der Waals surface area contributed by atoms with Crippen molar-refractivity contribution in [2.75, 3.05) is 32.8 Å².